The summed E-state index contributed by atoms with van der Waals surface area (Å²) < 4.78 is 48.2. The topological polar surface area (TPSA) is 61.4 Å². The van der Waals surface area contributed by atoms with Gasteiger partial charge in [0.15, 0.2) is 6.61 Å². The van der Waals surface area contributed by atoms with Crippen LogP contribution in [0.2, 0.25) is 0 Å². The molecule has 0 N–H and O–H groups in total. The average Bonchev–Trinajstić information content (AvgIpc) is 2.96. The first-order valence-corrected chi connectivity index (χ1v) is 6.82. The number of nitrogens with zero attached hydrogens (tertiary/aromatic N) is 2. The van der Waals surface area contributed by atoms with Crippen LogP contribution in [-0.2, 0) is 23.1 Å². The van der Waals surface area contributed by atoms with E-state index >= 15 is 0 Å². The van der Waals surface area contributed by atoms with Crippen LogP contribution < -0.4 is 9.30 Å². The van der Waals surface area contributed by atoms with Crippen LogP contribution >= 0.6 is 11.8 Å². The van der Waals surface area contributed by atoms with Crippen molar-refractivity contribution in [3.8, 4) is 5.88 Å². The Kier molecular flexibility index (Phi) is 4.17. The van der Waals surface area contributed by atoms with Crippen molar-refractivity contribution in [1.82, 2.24) is 4.57 Å². The normalized spacial score (nSPS) is 14.0. The number of alkyl halides is 3. The minimum Gasteiger partial charge on any atom is -0.462 e. The lowest BCUT2D eigenvalue weighted by atomic mass is 10.3. The third-order valence-corrected chi connectivity index (χ3v) is 3.94. The highest BCUT2D eigenvalue weighted by molar-refractivity contribution is 7.99. The largest absolute Gasteiger partial charge is 0.462 e. The van der Waals surface area contributed by atoms with Gasteiger partial charge in [-0.3, -0.25) is 4.79 Å². The summed E-state index contributed by atoms with van der Waals surface area (Å²) in [5.74, 6) is -1.89. The third kappa shape index (κ3) is 2.99. The number of ketones is 1. The van der Waals surface area contributed by atoms with Crippen molar-refractivity contribution in [2.24, 2.45) is 7.05 Å². The second kappa shape index (κ2) is 5.58. The maximum absolute atomic E-state index is 12.0. The van der Waals surface area contributed by atoms with Gasteiger partial charge in [-0.2, -0.15) is 17.7 Å². The summed E-state index contributed by atoms with van der Waals surface area (Å²) in [6.07, 6.45) is -4.68. The number of fused-ring (bicyclic) bond motifs is 1. The highest BCUT2D eigenvalue weighted by atomic mass is 32.2. The van der Waals surface area contributed by atoms with E-state index in [9.17, 15) is 22.8 Å². The Morgan fingerprint density at radius 3 is 2.67 bits per heavy atom. The molecular weight excluding hydrogens is 313 g/mol. The van der Waals surface area contributed by atoms with Crippen LogP contribution in [0, 0.1) is 0 Å². The molecule has 21 heavy (non-hydrogen) atoms. The van der Waals surface area contributed by atoms with E-state index in [0.29, 0.717) is 17.5 Å². The zero-order chi connectivity index (χ0) is 15.8. The number of methoxy groups -OCH3 is 1. The molecule has 1 aliphatic rings. The number of aromatic nitrogens is 2. The summed E-state index contributed by atoms with van der Waals surface area (Å²) in [7, 11) is 2.95. The number of thioether (sulfide) groups is 1. The summed E-state index contributed by atoms with van der Waals surface area (Å²) in [6, 6.07) is 0. The molecule has 0 aliphatic carbocycles. The van der Waals surface area contributed by atoms with Gasteiger partial charge in [0.05, 0.1) is 14.2 Å². The van der Waals surface area contributed by atoms with Crippen molar-refractivity contribution in [3.05, 3.63) is 5.69 Å². The molecule has 2 rings (SSSR count). The highest BCUT2D eigenvalue weighted by Gasteiger charge is 2.41. The molecule has 0 radical (unpaired) electrons. The maximum Gasteiger partial charge on any atom is 0.422 e. The van der Waals surface area contributed by atoms with E-state index in [1.54, 1.807) is 16.2 Å². The van der Waals surface area contributed by atoms with Crippen LogP contribution in [0.5, 0.6) is 5.88 Å². The van der Waals surface area contributed by atoms with Gasteiger partial charge in [-0.15, -0.1) is 0 Å². The van der Waals surface area contributed by atoms with E-state index in [1.807, 2.05) is 0 Å². The summed E-state index contributed by atoms with van der Waals surface area (Å²) in [6.45, 7) is -1.33. The van der Waals surface area contributed by atoms with Crippen molar-refractivity contribution in [2.75, 3.05) is 19.5 Å². The lowest BCUT2D eigenvalue weighted by Gasteiger charge is -2.06. The summed E-state index contributed by atoms with van der Waals surface area (Å²) in [4.78, 5) is 23.6. The number of hydrogen-bond donors (Lipinski definition) is 0. The number of Topliss-reactive ketones (excluding diaryl/α,β-unsaturated/α-hetero) is 1. The highest BCUT2D eigenvalue weighted by Crippen LogP contribution is 2.30. The van der Waals surface area contributed by atoms with E-state index in [4.69, 9.17) is 4.74 Å². The van der Waals surface area contributed by atoms with E-state index in [2.05, 4.69) is 4.74 Å². The molecule has 1 aromatic rings. The first kappa shape index (κ1) is 15.7. The van der Waals surface area contributed by atoms with E-state index in [1.165, 1.54) is 18.9 Å². The number of esters is 1. The number of halogens is 3. The first-order chi connectivity index (χ1) is 9.76. The predicted octanol–water partition coefficient (Wildman–Crippen LogP) is 0.715. The van der Waals surface area contributed by atoms with Crippen molar-refractivity contribution in [3.63, 3.8) is 0 Å². The number of imidazole rings is 1. The third-order valence-electron chi connectivity index (χ3n) is 2.80. The van der Waals surface area contributed by atoms with Crippen molar-refractivity contribution >= 4 is 23.5 Å². The molecule has 1 aliphatic heterocycles. The number of rotatable bonds is 4. The van der Waals surface area contributed by atoms with Gasteiger partial charge >= 0.3 is 29.0 Å². The minimum atomic E-state index is -4.68. The molecule has 0 saturated heterocycles. The number of carbonyl (C=O) groups is 2. The molecule has 0 amide bonds. The molecule has 0 unspecified atom stereocenters. The minimum absolute atomic E-state index is 0.0906. The standard InChI is InChI=1S/C11H12F3N2O4S/c1-15-8(19-2)6(16-3-4-21-10(15)16)7(17)9(18)20-5-11(12,13)14/h3-5H2,1-2H3/q+1. The lowest BCUT2D eigenvalue weighted by Crippen LogP contribution is -2.31. The van der Waals surface area contributed by atoms with Crippen LogP contribution in [0.3, 0.4) is 0 Å². The van der Waals surface area contributed by atoms with E-state index in [-0.39, 0.29) is 11.6 Å². The van der Waals surface area contributed by atoms with Gasteiger partial charge in [-0.1, -0.05) is 0 Å². The van der Waals surface area contributed by atoms with Crippen LogP contribution in [0.1, 0.15) is 10.5 Å². The molecule has 0 bridgehead atoms. The molecule has 0 spiro atoms. The molecule has 0 saturated carbocycles. The van der Waals surface area contributed by atoms with E-state index in [0.717, 1.165) is 0 Å². The van der Waals surface area contributed by atoms with E-state index < -0.39 is 24.5 Å². The fourth-order valence-electron chi connectivity index (χ4n) is 2.01. The van der Waals surface area contributed by atoms with Crippen LogP contribution in [0.15, 0.2) is 5.16 Å². The second-order valence-corrected chi connectivity index (χ2v) is 5.28. The second-order valence-electron chi connectivity index (χ2n) is 4.22. The quantitative estimate of drug-likeness (QED) is 0.353. The van der Waals surface area contributed by atoms with Gasteiger partial charge in [-0.25, -0.2) is 9.36 Å². The molecule has 0 aromatic carbocycles. The monoisotopic (exact) mass is 325 g/mol. The Morgan fingerprint density at radius 1 is 1.43 bits per heavy atom. The fraction of sp³-hybridized carbons (Fsp3) is 0.545. The van der Waals surface area contributed by atoms with Gasteiger partial charge in [0, 0.05) is 5.75 Å². The lowest BCUT2D eigenvalue weighted by molar-refractivity contribution is -0.713. The molecule has 0 fully saturated rings. The smallest absolute Gasteiger partial charge is 0.422 e. The first-order valence-electron chi connectivity index (χ1n) is 5.83. The Labute approximate surface area is 121 Å². The fourth-order valence-corrected chi connectivity index (χ4v) is 3.08. The van der Waals surface area contributed by atoms with Gasteiger partial charge in [-0.05, 0) is 11.8 Å². The zero-order valence-electron chi connectivity index (χ0n) is 11.2. The Hall–Kier alpha value is -1.71. The van der Waals surface area contributed by atoms with Crippen LogP contribution in [0.4, 0.5) is 13.2 Å². The van der Waals surface area contributed by atoms with Crippen molar-refractivity contribution in [2.45, 2.75) is 17.9 Å². The molecule has 116 valence electrons. The average molecular weight is 325 g/mol. The molecular formula is C11H12F3N2O4S+. The van der Waals surface area contributed by atoms with Gasteiger partial charge < -0.3 is 9.47 Å². The van der Waals surface area contributed by atoms with Gasteiger partial charge in [0.1, 0.15) is 6.54 Å². The zero-order valence-corrected chi connectivity index (χ0v) is 12.0. The summed E-state index contributed by atoms with van der Waals surface area (Å²) in [5.41, 5.74) is -0.0906. The Morgan fingerprint density at radius 2 is 2.10 bits per heavy atom. The summed E-state index contributed by atoms with van der Waals surface area (Å²) in [5, 5.41) is 0.693. The number of ether oxygens (including phenoxy) is 2. The molecule has 10 heteroatoms. The number of carbonyl (C=O) groups excluding carboxylic acids is 2. The molecule has 2 heterocycles. The Bertz CT molecular complexity index is 594. The Balaban J connectivity index is 2.27. The van der Waals surface area contributed by atoms with Crippen LogP contribution in [-0.4, -0.2) is 42.0 Å². The van der Waals surface area contributed by atoms with Gasteiger partial charge in [0.2, 0.25) is 0 Å². The van der Waals surface area contributed by atoms with Gasteiger partial charge in [0.25, 0.3) is 5.69 Å². The van der Waals surface area contributed by atoms with Crippen LogP contribution in [0.25, 0.3) is 0 Å². The summed E-state index contributed by atoms with van der Waals surface area (Å²) >= 11 is 1.45. The maximum atomic E-state index is 12.0. The molecule has 6 nitrogen and oxygen atoms in total. The SMILES string of the molecule is COc1c(C(=O)C(=O)OCC(F)(F)F)n2c([n+]1C)SCC2. The predicted molar refractivity (Wildman–Crippen MR) is 64.2 cm³/mol. The van der Waals surface area contributed by atoms with Crippen molar-refractivity contribution in [1.29, 1.82) is 0 Å². The van der Waals surface area contributed by atoms with Crippen molar-refractivity contribution < 1.29 is 36.8 Å². The number of hydrogen-bond acceptors (Lipinski definition) is 5. The molecule has 0 atom stereocenters. The molecule has 1 aromatic heterocycles.